The fourth-order valence-corrected chi connectivity index (χ4v) is 1.25. The van der Waals surface area contributed by atoms with E-state index in [0.717, 1.165) is 22.8 Å². The molecule has 3 heteroatoms. The summed E-state index contributed by atoms with van der Waals surface area (Å²) < 4.78 is 0. The van der Waals surface area contributed by atoms with Crippen LogP contribution < -0.4 is 5.73 Å². The van der Waals surface area contributed by atoms with Gasteiger partial charge in [0.15, 0.2) is 0 Å². The third-order valence-electron chi connectivity index (χ3n) is 2.67. The number of aromatic nitrogens is 2. The molecule has 0 aliphatic rings. The predicted molar refractivity (Wildman–Crippen MR) is 58.0 cm³/mol. The zero-order valence-electron chi connectivity index (χ0n) is 9.63. The maximum absolute atomic E-state index is 6.00. The molecule has 0 radical (unpaired) electrons. The molecule has 0 fully saturated rings. The van der Waals surface area contributed by atoms with Gasteiger partial charge >= 0.3 is 0 Å². The monoisotopic (exact) mass is 193 g/mol. The lowest BCUT2D eigenvalue weighted by molar-refractivity contribution is 0.487. The van der Waals surface area contributed by atoms with Crippen LogP contribution in [0.1, 0.15) is 42.7 Å². The molecule has 0 spiro atoms. The smallest absolute Gasteiger partial charge is 0.145 e. The molecule has 1 heterocycles. The third-order valence-corrected chi connectivity index (χ3v) is 2.67. The summed E-state index contributed by atoms with van der Waals surface area (Å²) >= 11 is 0. The largest absolute Gasteiger partial charge is 0.321 e. The summed E-state index contributed by atoms with van der Waals surface area (Å²) in [6.07, 6.45) is 0. The Labute approximate surface area is 85.8 Å². The van der Waals surface area contributed by atoms with E-state index in [4.69, 9.17) is 5.73 Å². The Hall–Kier alpha value is -0.960. The van der Waals surface area contributed by atoms with Crippen molar-refractivity contribution in [3.05, 3.63) is 22.8 Å². The van der Waals surface area contributed by atoms with Crippen molar-refractivity contribution in [2.75, 3.05) is 0 Å². The van der Waals surface area contributed by atoms with Crippen molar-refractivity contribution >= 4 is 0 Å². The van der Waals surface area contributed by atoms with Gasteiger partial charge in [0.2, 0.25) is 0 Å². The van der Waals surface area contributed by atoms with E-state index in [0.29, 0.717) is 5.92 Å². The second-order valence-electron chi connectivity index (χ2n) is 4.15. The summed E-state index contributed by atoms with van der Waals surface area (Å²) in [5, 5.41) is 0. The topological polar surface area (TPSA) is 51.8 Å². The minimum atomic E-state index is -0.0620. The quantitative estimate of drug-likeness (QED) is 0.782. The molecule has 0 aliphatic heterocycles. The second-order valence-corrected chi connectivity index (χ2v) is 4.15. The number of aryl methyl sites for hydroxylation is 2. The van der Waals surface area contributed by atoms with Gasteiger partial charge in [0, 0.05) is 11.4 Å². The summed E-state index contributed by atoms with van der Waals surface area (Å²) in [5.41, 5.74) is 9.22. The molecule has 1 unspecified atom stereocenters. The van der Waals surface area contributed by atoms with E-state index in [9.17, 15) is 0 Å². The summed E-state index contributed by atoms with van der Waals surface area (Å²) in [4.78, 5) is 8.84. The molecule has 0 saturated carbocycles. The van der Waals surface area contributed by atoms with E-state index >= 15 is 0 Å². The molecule has 3 nitrogen and oxygen atoms in total. The van der Waals surface area contributed by atoms with Crippen LogP contribution in [-0.2, 0) is 0 Å². The molecule has 1 aromatic heterocycles. The van der Waals surface area contributed by atoms with E-state index in [-0.39, 0.29) is 6.04 Å². The van der Waals surface area contributed by atoms with Crippen molar-refractivity contribution in [1.29, 1.82) is 0 Å². The van der Waals surface area contributed by atoms with E-state index in [1.165, 1.54) is 0 Å². The molecule has 0 aromatic carbocycles. The van der Waals surface area contributed by atoms with Gasteiger partial charge in [-0.3, -0.25) is 0 Å². The normalized spacial score (nSPS) is 13.4. The zero-order valence-corrected chi connectivity index (χ0v) is 9.63. The molecule has 0 bridgehead atoms. The van der Waals surface area contributed by atoms with Gasteiger partial charge in [-0.05, 0) is 32.3 Å². The summed E-state index contributed by atoms with van der Waals surface area (Å²) in [5.74, 6) is 1.14. The number of nitrogens with zero attached hydrogens (tertiary/aromatic N) is 2. The fourth-order valence-electron chi connectivity index (χ4n) is 1.25. The maximum Gasteiger partial charge on any atom is 0.145 e. The first-order valence-corrected chi connectivity index (χ1v) is 5.00. The molecular formula is C11H19N3. The fraction of sp³-hybridized carbons (Fsp3) is 0.636. The molecule has 0 saturated heterocycles. The Morgan fingerprint density at radius 3 is 1.79 bits per heavy atom. The highest BCUT2D eigenvalue weighted by molar-refractivity contribution is 5.22. The van der Waals surface area contributed by atoms with Crippen molar-refractivity contribution < 1.29 is 0 Å². The van der Waals surface area contributed by atoms with E-state index in [1.807, 2.05) is 20.8 Å². The standard InChI is InChI=1S/C11H19N3/c1-6(2)10(12)11-13-8(4)7(3)9(5)14-11/h6,10H,12H2,1-5H3. The van der Waals surface area contributed by atoms with Crippen LogP contribution in [0, 0.1) is 26.7 Å². The number of hydrogen-bond acceptors (Lipinski definition) is 3. The first-order valence-electron chi connectivity index (χ1n) is 5.00. The van der Waals surface area contributed by atoms with E-state index < -0.39 is 0 Å². The molecule has 2 N–H and O–H groups in total. The van der Waals surface area contributed by atoms with Crippen molar-refractivity contribution in [3.63, 3.8) is 0 Å². The Bertz CT molecular complexity index is 308. The Morgan fingerprint density at radius 1 is 1.00 bits per heavy atom. The minimum absolute atomic E-state index is 0.0620. The van der Waals surface area contributed by atoms with Crippen LogP contribution in [0.5, 0.6) is 0 Å². The molecule has 1 rings (SSSR count). The molecular weight excluding hydrogens is 174 g/mol. The van der Waals surface area contributed by atoms with Crippen LogP contribution >= 0.6 is 0 Å². The van der Waals surface area contributed by atoms with Gasteiger partial charge in [0.1, 0.15) is 5.82 Å². The lowest BCUT2D eigenvalue weighted by Crippen LogP contribution is -2.21. The van der Waals surface area contributed by atoms with Gasteiger partial charge in [-0.2, -0.15) is 0 Å². The molecule has 0 amide bonds. The van der Waals surface area contributed by atoms with Crippen molar-refractivity contribution in [2.45, 2.75) is 40.7 Å². The Morgan fingerprint density at radius 2 is 1.43 bits per heavy atom. The second kappa shape index (κ2) is 4.05. The Balaban J connectivity index is 3.12. The highest BCUT2D eigenvalue weighted by Crippen LogP contribution is 2.17. The number of nitrogens with two attached hydrogens (primary N) is 1. The van der Waals surface area contributed by atoms with Crippen LogP contribution in [-0.4, -0.2) is 9.97 Å². The lowest BCUT2D eigenvalue weighted by Gasteiger charge is -2.16. The van der Waals surface area contributed by atoms with E-state index in [2.05, 4.69) is 23.8 Å². The van der Waals surface area contributed by atoms with Gasteiger partial charge in [0.25, 0.3) is 0 Å². The average molecular weight is 193 g/mol. The van der Waals surface area contributed by atoms with Gasteiger partial charge < -0.3 is 5.73 Å². The molecule has 1 aromatic rings. The highest BCUT2D eigenvalue weighted by atomic mass is 14.9. The van der Waals surface area contributed by atoms with Crippen molar-refractivity contribution in [2.24, 2.45) is 11.7 Å². The van der Waals surface area contributed by atoms with E-state index in [1.54, 1.807) is 0 Å². The van der Waals surface area contributed by atoms with Gasteiger partial charge in [0.05, 0.1) is 6.04 Å². The van der Waals surface area contributed by atoms with Crippen LogP contribution in [0.2, 0.25) is 0 Å². The van der Waals surface area contributed by atoms with Gasteiger partial charge in [-0.25, -0.2) is 9.97 Å². The minimum Gasteiger partial charge on any atom is -0.321 e. The highest BCUT2D eigenvalue weighted by Gasteiger charge is 2.15. The van der Waals surface area contributed by atoms with Crippen molar-refractivity contribution in [3.8, 4) is 0 Å². The molecule has 0 aliphatic carbocycles. The number of rotatable bonds is 2. The summed E-state index contributed by atoms with van der Waals surface area (Å²) in [7, 11) is 0. The van der Waals surface area contributed by atoms with Crippen LogP contribution in [0.4, 0.5) is 0 Å². The van der Waals surface area contributed by atoms with Crippen LogP contribution in [0.25, 0.3) is 0 Å². The summed E-state index contributed by atoms with van der Waals surface area (Å²) in [6, 6.07) is -0.0620. The first-order chi connectivity index (χ1) is 6.43. The maximum atomic E-state index is 6.00. The SMILES string of the molecule is Cc1nc(C(N)C(C)C)nc(C)c1C. The Kier molecular flexibility index (Phi) is 3.21. The summed E-state index contributed by atoms with van der Waals surface area (Å²) in [6.45, 7) is 10.2. The first kappa shape index (κ1) is 11.1. The van der Waals surface area contributed by atoms with Gasteiger partial charge in [-0.15, -0.1) is 0 Å². The molecule has 1 atom stereocenters. The number of hydrogen-bond donors (Lipinski definition) is 1. The molecule has 14 heavy (non-hydrogen) atoms. The average Bonchev–Trinajstić information content (AvgIpc) is 2.12. The van der Waals surface area contributed by atoms with Crippen LogP contribution in [0.3, 0.4) is 0 Å². The third kappa shape index (κ3) is 2.10. The van der Waals surface area contributed by atoms with Crippen LogP contribution in [0.15, 0.2) is 0 Å². The zero-order chi connectivity index (χ0) is 10.9. The molecule has 78 valence electrons. The van der Waals surface area contributed by atoms with Gasteiger partial charge in [-0.1, -0.05) is 13.8 Å². The predicted octanol–water partition coefficient (Wildman–Crippen LogP) is 2.06. The lowest BCUT2D eigenvalue weighted by atomic mass is 10.0. The van der Waals surface area contributed by atoms with Crippen molar-refractivity contribution in [1.82, 2.24) is 9.97 Å².